The quantitative estimate of drug-likeness (QED) is 0.163. The number of carbonyl (C=O) groups excluding carboxylic acids is 4. The lowest BCUT2D eigenvalue weighted by atomic mass is 9.85. The number of hydrogen-bond acceptors (Lipinski definition) is 13. The molecule has 2 bridgehead atoms. The largest absolute Gasteiger partial charge is 0.374 e. The molecular formula is C41H46F2N12O6. The fraction of sp³-hybridized carbons (Fsp3) is 0.512. The second kappa shape index (κ2) is 16.2. The van der Waals surface area contributed by atoms with Crippen molar-refractivity contribution in [1.82, 2.24) is 44.7 Å². The zero-order chi connectivity index (χ0) is 41.8. The minimum atomic E-state index is -2.87. The highest BCUT2D eigenvalue weighted by atomic mass is 19.3. The Bertz CT molecular complexity index is 2490. The van der Waals surface area contributed by atoms with Gasteiger partial charge in [0.15, 0.2) is 16.9 Å². The van der Waals surface area contributed by atoms with Gasteiger partial charge in [0, 0.05) is 63.5 Å². The van der Waals surface area contributed by atoms with E-state index in [1.54, 1.807) is 29.1 Å². The number of amides is 4. The van der Waals surface area contributed by atoms with E-state index in [9.17, 15) is 28.0 Å². The molecule has 1 saturated carbocycles. The number of aromatic nitrogens is 6. The molecule has 0 unspecified atom stereocenters. The van der Waals surface area contributed by atoms with E-state index in [2.05, 4.69) is 46.0 Å². The molecule has 0 spiro atoms. The molecule has 4 saturated heterocycles. The van der Waals surface area contributed by atoms with Gasteiger partial charge in [-0.3, -0.25) is 34.1 Å². The Morgan fingerprint density at radius 2 is 1.79 bits per heavy atom. The lowest BCUT2D eigenvalue weighted by Crippen LogP contribution is -2.49. The Hall–Kier alpha value is -5.86. The van der Waals surface area contributed by atoms with Crippen molar-refractivity contribution in [3.05, 3.63) is 59.8 Å². The zero-order valence-electron chi connectivity index (χ0n) is 33.3. The lowest BCUT2D eigenvalue weighted by Gasteiger charge is -2.38. The minimum absolute atomic E-state index is 0.0212. The van der Waals surface area contributed by atoms with Crippen LogP contribution < -0.4 is 20.9 Å². The summed E-state index contributed by atoms with van der Waals surface area (Å²) in [7, 11) is 0. The van der Waals surface area contributed by atoms with Gasteiger partial charge in [0.05, 0.1) is 54.8 Å². The van der Waals surface area contributed by atoms with Crippen molar-refractivity contribution in [2.75, 3.05) is 68.0 Å². The highest BCUT2D eigenvalue weighted by Crippen LogP contribution is 2.37. The van der Waals surface area contributed by atoms with E-state index < -0.39 is 29.9 Å². The first-order chi connectivity index (χ1) is 29.6. The summed E-state index contributed by atoms with van der Waals surface area (Å²) in [4.78, 5) is 62.2. The molecule has 320 valence electrons. The average Bonchev–Trinajstić information content (AvgIpc) is 4.11. The summed E-state index contributed by atoms with van der Waals surface area (Å²) in [6.07, 6.45) is 6.87. The second-order valence-corrected chi connectivity index (χ2v) is 16.8. The van der Waals surface area contributed by atoms with Crippen LogP contribution in [0.25, 0.3) is 16.6 Å². The van der Waals surface area contributed by atoms with Gasteiger partial charge in [-0.1, -0.05) is 11.2 Å². The van der Waals surface area contributed by atoms with Crippen LogP contribution in [0.2, 0.25) is 0 Å². The number of nitrogens with zero attached hydrogens (tertiary/aromatic N) is 9. The molecule has 5 fully saturated rings. The molecule has 3 N–H and O–H groups in total. The van der Waals surface area contributed by atoms with Crippen LogP contribution in [0, 0.1) is 5.92 Å². The number of hydrogen-bond donors (Lipinski definition) is 3. The highest BCUT2D eigenvalue weighted by molar-refractivity contribution is 6.08. The van der Waals surface area contributed by atoms with E-state index in [1.165, 1.54) is 16.9 Å². The number of benzene rings is 1. The maximum Gasteiger partial charge on any atom is 0.284 e. The van der Waals surface area contributed by atoms with Gasteiger partial charge in [-0.15, -0.1) is 0 Å². The number of nitrogens with one attached hydrogen (secondary N) is 3. The molecule has 1 aromatic carbocycles. The molecule has 4 amide bonds. The van der Waals surface area contributed by atoms with Gasteiger partial charge in [0.1, 0.15) is 17.1 Å². The summed E-state index contributed by atoms with van der Waals surface area (Å²) in [6, 6.07) is 7.32. The van der Waals surface area contributed by atoms with Crippen molar-refractivity contribution >= 4 is 57.4 Å². The Balaban J connectivity index is 0.699. The number of carbonyl (C=O) groups is 4. The summed E-state index contributed by atoms with van der Waals surface area (Å²) < 4.78 is 43.0. The first-order valence-corrected chi connectivity index (χ1v) is 21.0. The second-order valence-electron chi connectivity index (χ2n) is 16.8. The van der Waals surface area contributed by atoms with Crippen LogP contribution >= 0.6 is 0 Å². The Kier molecular flexibility index (Phi) is 10.4. The number of rotatable bonds is 11. The predicted octanol–water partition coefficient (Wildman–Crippen LogP) is 3.74. The van der Waals surface area contributed by atoms with E-state index >= 15 is 0 Å². The van der Waals surface area contributed by atoms with Crippen LogP contribution in [-0.4, -0.2) is 128 Å². The average molecular weight is 841 g/mol. The standard InChI is InChI=1S/C41H46F2N12O6/c42-38(43)36-31(46-41(59)29-17-44-54-11-10-32(47-39(29)54)53-19-26-16-25(53)22-60-26)20-55(49-36)24-6-4-23(5-7-24)18-51-12-14-52(15-13-51)21-34(57)45-30-3-1-2-27-35(50-61-37(27)30)28-8-9-33(56)48-40(28)58/h1-3,10-11,17,20,23-26,28,38H,4-9,12-16,18-19,21-22H2,(H,45,57)(H,46,59)(H,48,56,58)/t23?,24?,25-,26-,28-/m1/s1. The van der Waals surface area contributed by atoms with Gasteiger partial charge in [0.2, 0.25) is 17.7 Å². The third-order valence-electron chi connectivity index (χ3n) is 12.9. The molecule has 0 radical (unpaired) electrons. The number of halogens is 2. The smallest absolute Gasteiger partial charge is 0.284 e. The van der Waals surface area contributed by atoms with Gasteiger partial charge in [-0.05, 0) is 62.6 Å². The monoisotopic (exact) mass is 840 g/mol. The van der Waals surface area contributed by atoms with Crippen molar-refractivity contribution in [3.8, 4) is 0 Å². The Morgan fingerprint density at radius 3 is 2.54 bits per heavy atom. The molecule has 10 rings (SSSR count). The first kappa shape index (κ1) is 39.3. The third kappa shape index (κ3) is 7.83. The van der Waals surface area contributed by atoms with Crippen molar-refractivity contribution in [2.24, 2.45) is 5.92 Å². The molecule has 4 aromatic heterocycles. The molecule has 20 heteroatoms. The molecule has 4 aliphatic heterocycles. The maximum atomic E-state index is 14.3. The minimum Gasteiger partial charge on any atom is -0.374 e. The van der Waals surface area contributed by atoms with Gasteiger partial charge >= 0.3 is 0 Å². The Labute approximate surface area is 347 Å². The van der Waals surface area contributed by atoms with E-state index in [4.69, 9.17) is 14.2 Å². The van der Waals surface area contributed by atoms with E-state index in [1.807, 2.05) is 6.07 Å². The molecule has 61 heavy (non-hydrogen) atoms. The molecule has 18 nitrogen and oxygen atoms in total. The lowest BCUT2D eigenvalue weighted by molar-refractivity contribution is -0.134. The van der Waals surface area contributed by atoms with Gasteiger partial charge in [-0.25, -0.2) is 18.3 Å². The van der Waals surface area contributed by atoms with Gasteiger partial charge in [0.25, 0.3) is 12.3 Å². The summed E-state index contributed by atoms with van der Waals surface area (Å²) >= 11 is 0. The first-order valence-electron chi connectivity index (χ1n) is 21.0. The normalized spacial score (nSPS) is 24.9. The van der Waals surface area contributed by atoms with Crippen LogP contribution in [-0.2, 0) is 19.1 Å². The number of imide groups is 1. The summed E-state index contributed by atoms with van der Waals surface area (Å²) in [5.41, 5.74) is 1.35. The van der Waals surface area contributed by atoms with Crippen molar-refractivity contribution in [3.63, 3.8) is 0 Å². The fourth-order valence-corrected chi connectivity index (χ4v) is 9.66. The molecule has 5 aliphatic rings. The fourth-order valence-electron chi connectivity index (χ4n) is 9.66. The van der Waals surface area contributed by atoms with Crippen LogP contribution in [0.15, 0.2) is 47.4 Å². The highest BCUT2D eigenvalue weighted by Gasteiger charge is 2.40. The summed E-state index contributed by atoms with van der Waals surface area (Å²) in [5.74, 6) is -0.905. The van der Waals surface area contributed by atoms with Crippen LogP contribution in [0.1, 0.15) is 85.1 Å². The number of anilines is 3. The van der Waals surface area contributed by atoms with Crippen LogP contribution in [0.3, 0.4) is 0 Å². The number of piperazine rings is 1. The Morgan fingerprint density at radius 1 is 0.967 bits per heavy atom. The summed E-state index contributed by atoms with van der Waals surface area (Å²) in [5, 5.41) is 21.3. The maximum absolute atomic E-state index is 14.3. The van der Waals surface area contributed by atoms with Crippen LogP contribution in [0.5, 0.6) is 0 Å². The van der Waals surface area contributed by atoms with E-state index in [0.717, 1.165) is 77.2 Å². The molecule has 5 aromatic rings. The van der Waals surface area contributed by atoms with E-state index in [0.29, 0.717) is 46.9 Å². The number of piperidine rings is 1. The van der Waals surface area contributed by atoms with Crippen molar-refractivity contribution in [1.29, 1.82) is 0 Å². The van der Waals surface area contributed by atoms with Crippen LogP contribution in [0.4, 0.5) is 26.0 Å². The SMILES string of the molecule is O=C1CC[C@H](c2noc3c(NC(=O)CN4CCN(CC5CCC(n6cc(NC(=O)c7cnn8ccc(N9C[C@H]%10C[C@@H]9CO%10)nc78)c(C(F)F)n6)CC5)CC4)cccc23)C(=O)N1. The number of fused-ring (bicyclic) bond motifs is 4. The number of alkyl halides is 2. The molecule has 8 heterocycles. The summed E-state index contributed by atoms with van der Waals surface area (Å²) in [6.45, 7) is 5.59. The molecule has 1 aliphatic carbocycles. The predicted molar refractivity (Wildman–Crippen MR) is 215 cm³/mol. The zero-order valence-corrected chi connectivity index (χ0v) is 33.3. The third-order valence-corrected chi connectivity index (χ3v) is 12.9. The number of para-hydroxylation sites is 1. The number of morpholine rings is 1. The molecule has 3 atom stereocenters. The van der Waals surface area contributed by atoms with Crippen molar-refractivity contribution in [2.45, 2.75) is 75.5 Å². The van der Waals surface area contributed by atoms with Crippen molar-refractivity contribution < 1.29 is 37.2 Å². The topological polar surface area (TPSA) is 197 Å². The van der Waals surface area contributed by atoms with Gasteiger partial charge in [-0.2, -0.15) is 10.2 Å². The molecular weight excluding hydrogens is 795 g/mol. The van der Waals surface area contributed by atoms with Gasteiger partial charge < -0.3 is 29.7 Å². The van der Waals surface area contributed by atoms with E-state index in [-0.39, 0.29) is 54.2 Å². The number of ether oxygens (including phenoxy) is 1.